The van der Waals surface area contributed by atoms with E-state index in [2.05, 4.69) is 0 Å². The van der Waals surface area contributed by atoms with Gasteiger partial charge < -0.3 is 0 Å². The minimum atomic E-state index is -8.76. The number of phosphoric ester groups is 1. The van der Waals surface area contributed by atoms with E-state index in [9.17, 15) is 83.6 Å². The molecule has 0 aromatic heterocycles. The van der Waals surface area contributed by atoms with Gasteiger partial charge in [-0.25, -0.2) is 44.5 Å². The van der Waals surface area contributed by atoms with Gasteiger partial charge in [-0.2, -0.15) is 52.7 Å². The summed E-state index contributed by atoms with van der Waals surface area (Å²) in [5, 5.41) is 0. The Hall–Kier alpha value is -1.15. The number of hydrogen-bond acceptors (Lipinski definition) is 4. The Labute approximate surface area is 162 Å². The molecular formula is C9H3F18O4P. The third kappa shape index (κ3) is 5.85. The molecule has 23 heteroatoms. The Bertz CT molecular complexity index is 597. The monoisotopic (exact) mass is 548 g/mol. The lowest BCUT2D eigenvalue weighted by Crippen LogP contribution is -2.54. The highest BCUT2D eigenvalue weighted by Gasteiger charge is 2.76. The lowest BCUT2D eigenvalue weighted by molar-refractivity contribution is -0.382. The first-order chi connectivity index (χ1) is 13.7. The molecule has 4 nitrogen and oxygen atoms in total. The molecule has 0 saturated heterocycles. The van der Waals surface area contributed by atoms with Crippen LogP contribution in [-0.2, 0) is 18.1 Å². The van der Waals surface area contributed by atoms with Gasteiger partial charge in [0.15, 0.2) is 0 Å². The van der Waals surface area contributed by atoms with Gasteiger partial charge in [-0.15, -0.1) is 0 Å². The Balaban J connectivity index is 6.96. The molecule has 0 aliphatic heterocycles. The number of phosphoric acid groups is 1. The van der Waals surface area contributed by atoms with Gasteiger partial charge in [-0.1, -0.05) is 0 Å². The van der Waals surface area contributed by atoms with Gasteiger partial charge >= 0.3 is 63.2 Å². The second-order valence-electron chi connectivity index (χ2n) is 5.05. The summed E-state index contributed by atoms with van der Waals surface area (Å²) in [6, 6.07) is 0. The molecule has 0 amide bonds. The number of hydrogen-bond donors (Lipinski definition) is 0. The van der Waals surface area contributed by atoms with Crippen molar-refractivity contribution < 1.29 is 97.2 Å². The van der Waals surface area contributed by atoms with Gasteiger partial charge in [0.1, 0.15) is 0 Å². The lowest BCUT2D eigenvalue weighted by Gasteiger charge is -2.36. The SMILES string of the molecule is O=P(OC(F)(C(F)F)C(F)(F)F)(OC(F)(C(F)F)C(F)(F)F)OC(F)(C(F)F)C(F)(F)F. The number of alkyl halides is 18. The predicted molar refractivity (Wildman–Crippen MR) is 58.6 cm³/mol. The molecule has 0 radical (unpaired) electrons. The van der Waals surface area contributed by atoms with Crippen molar-refractivity contribution in [2.75, 3.05) is 0 Å². The largest absolute Gasteiger partial charge is 0.484 e. The summed E-state index contributed by atoms with van der Waals surface area (Å²) >= 11 is 0. The molecule has 0 heterocycles. The second-order valence-corrected chi connectivity index (χ2v) is 6.49. The van der Waals surface area contributed by atoms with Gasteiger partial charge in [0, 0.05) is 0 Å². The van der Waals surface area contributed by atoms with Crippen LogP contribution in [0.5, 0.6) is 0 Å². The van der Waals surface area contributed by atoms with Gasteiger partial charge in [0.2, 0.25) is 0 Å². The fourth-order valence-electron chi connectivity index (χ4n) is 1.19. The van der Waals surface area contributed by atoms with Crippen molar-refractivity contribution in [3.05, 3.63) is 0 Å². The third-order valence-corrected chi connectivity index (χ3v) is 4.20. The zero-order valence-electron chi connectivity index (χ0n) is 13.6. The van der Waals surface area contributed by atoms with Crippen LogP contribution in [0.2, 0.25) is 0 Å². The first kappa shape index (κ1) is 30.8. The fourth-order valence-corrected chi connectivity index (χ4v) is 2.83. The van der Waals surface area contributed by atoms with Crippen molar-refractivity contribution in [3.63, 3.8) is 0 Å². The highest BCUT2D eigenvalue weighted by atomic mass is 31.2. The van der Waals surface area contributed by atoms with E-state index in [0.29, 0.717) is 0 Å². The first-order valence-electron chi connectivity index (χ1n) is 6.54. The third-order valence-electron chi connectivity index (χ3n) is 2.74. The van der Waals surface area contributed by atoms with Crippen molar-refractivity contribution in [2.45, 2.75) is 55.4 Å². The van der Waals surface area contributed by atoms with Crippen LogP contribution in [-0.4, -0.2) is 55.4 Å². The molecule has 0 fully saturated rings. The zero-order valence-corrected chi connectivity index (χ0v) is 14.5. The van der Waals surface area contributed by atoms with Crippen molar-refractivity contribution in [1.82, 2.24) is 0 Å². The van der Waals surface area contributed by atoms with E-state index < -0.39 is 63.2 Å². The summed E-state index contributed by atoms with van der Waals surface area (Å²) < 4.78 is 244. The van der Waals surface area contributed by atoms with E-state index in [1.54, 1.807) is 0 Å². The summed E-state index contributed by atoms with van der Waals surface area (Å²) in [6.07, 6.45) is -39.8. The molecule has 3 unspecified atom stereocenters. The molecular weight excluding hydrogens is 545 g/mol. The van der Waals surface area contributed by atoms with Crippen LogP contribution < -0.4 is 0 Å². The van der Waals surface area contributed by atoms with Crippen LogP contribution >= 0.6 is 7.82 Å². The average molecular weight is 548 g/mol. The molecule has 0 aliphatic carbocycles. The Morgan fingerprint density at radius 2 is 0.594 bits per heavy atom. The van der Waals surface area contributed by atoms with Crippen LogP contribution in [0.4, 0.5) is 79.0 Å². The van der Waals surface area contributed by atoms with Crippen molar-refractivity contribution in [1.29, 1.82) is 0 Å². The molecule has 0 saturated carbocycles. The quantitative estimate of drug-likeness (QED) is 0.240. The minimum Gasteiger partial charge on any atom is -0.234 e. The van der Waals surface area contributed by atoms with E-state index in [-0.39, 0.29) is 0 Å². The topological polar surface area (TPSA) is 44.8 Å². The van der Waals surface area contributed by atoms with Crippen LogP contribution in [0.1, 0.15) is 0 Å². The smallest absolute Gasteiger partial charge is 0.234 e. The molecule has 0 N–H and O–H groups in total. The summed E-state index contributed by atoms with van der Waals surface area (Å²) in [5.74, 6) is -21.4. The molecule has 3 atom stereocenters. The molecule has 194 valence electrons. The van der Waals surface area contributed by atoms with E-state index in [1.807, 2.05) is 13.6 Å². The first-order valence-corrected chi connectivity index (χ1v) is 8.00. The van der Waals surface area contributed by atoms with Crippen molar-refractivity contribution >= 4 is 7.82 Å². The molecule has 0 aliphatic rings. The highest BCUT2D eigenvalue weighted by molar-refractivity contribution is 7.48. The van der Waals surface area contributed by atoms with E-state index in [1.165, 1.54) is 0 Å². The Morgan fingerprint density at radius 1 is 0.438 bits per heavy atom. The highest BCUT2D eigenvalue weighted by Crippen LogP contribution is 2.66. The normalized spacial score (nSPS) is 21.9. The summed E-state index contributed by atoms with van der Waals surface area (Å²) in [4.78, 5) is 0. The Morgan fingerprint density at radius 3 is 0.688 bits per heavy atom. The second kappa shape index (κ2) is 8.90. The van der Waals surface area contributed by atoms with Crippen molar-refractivity contribution in [2.24, 2.45) is 0 Å². The molecule has 0 aromatic rings. The fraction of sp³-hybridized carbons (Fsp3) is 1.00. The zero-order chi connectivity index (χ0) is 26.4. The van der Waals surface area contributed by atoms with E-state index in [4.69, 9.17) is 0 Å². The summed E-state index contributed by atoms with van der Waals surface area (Å²) in [6.45, 7) is 0. The van der Waals surface area contributed by atoms with E-state index in [0.717, 1.165) is 0 Å². The van der Waals surface area contributed by atoms with E-state index >= 15 is 0 Å². The van der Waals surface area contributed by atoms with Crippen molar-refractivity contribution in [3.8, 4) is 0 Å². The molecule has 0 bridgehead atoms. The maximum atomic E-state index is 13.5. The molecule has 0 spiro atoms. The number of halogens is 18. The predicted octanol–water partition coefficient (Wildman–Crippen LogP) is 6.62. The molecule has 0 rings (SSSR count). The van der Waals surface area contributed by atoms with Crippen LogP contribution in [0.3, 0.4) is 0 Å². The maximum absolute atomic E-state index is 13.5. The number of rotatable bonds is 9. The van der Waals surface area contributed by atoms with Crippen LogP contribution in [0.25, 0.3) is 0 Å². The van der Waals surface area contributed by atoms with Crippen LogP contribution in [0.15, 0.2) is 0 Å². The Kier molecular flexibility index (Phi) is 8.58. The lowest BCUT2D eigenvalue weighted by atomic mass is 10.3. The van der Waals surface area contributed by atoms with Gasteiger partial charge in [-0.3, -0.25) is 0 Å². The van der Waals surface area contributed by atoms with Gasteiger partial charge in [0.05, 0.1) is 0 Å². The molecule has 0 aromatic carbocycles. The average Bonchev–Trinajstić information content (AvgIpc) is 2.50. The van der Waals surface area contributed by atoms with Gasteiger partial charge in [-0.05, 0) is 0 Å². The maximum Gasteiger partial charge on any atom is 0.484 e. The van der Waals surface area contributed by atoms with Gasteiger partial charge in [0.25, 0.3) is 0 Å². The minimum absolute atomic E-state index is 1.96. The molecule has 32 heavy (non-hydrogen) atoms. The van der Waals surface area contributed by atoms with Crippen LogP contribution in [0, 0.1) is 0 Å². The standard InChI is InChI=1S/C9H3F18O4P/c10-1(11)4(16,7(19,20)21)29-32(28,30-5(17,2(12)13)8(22,23)24)31-6(18,3(14)15)9(25,26)27/h1-3H. The summed E-state index contributed by atoms with van der Waals surface area (Å²) in [7, 11) is -8.76. The summed E-state index contributed by atoms with van der Waals surface area (Å²) in [5.41, 5.74) is 0.